The van der Waals surface area contributed by atoms with Crippen molar-refractivity contribution in [2.45, 2.75) is 32.4 Å². The highest BCUT2D eigenvalue weighted by atomic mass is 16.5. The smallest absolute Gasteiger partial charge is 0.228 e. The summed E-state index contributed by atoms with van der Waals surface area (Å²) < 4.78 is 5.46. The van der Waals surface area contributed by atoms with Gasteiger partial charge in [-0.2, -0.15) is 0 Å². The normalized spacial score (nSPS) is 30.5. The number of carbonyl (C=O) groups is 1. The third kappa shape index (κ3) is 3.21. The van der Waals surface area contributed by atoms with Gasteiger partial charge in [-0.3, -0.25) is 9.69 Å². The molecule has 0 aromatic carbocycles. The number of carbonyl (C=O) groups excluding carboxylic acids is 1. The highest BCUT2D eigenvalue weighted by Gasteiger charge is 2.33. The zero-order valence-electron chi connectivity index (χ0n) is 12.2. The second-order valence-electron chi connectivity index (χ2n) is 5.64. The highest BCUT2D eigenvalue weighted by Crippen LogP contribution is 2.22. The molecule has 3 N–H and O–H groups in total. The Balaban J connectivity index is 1.83. The van der Waals surface area contributed by atoms with Gasteiger partial charge >= 0.3 is 0 Å². The second kappa shape index (κ2) is 6.41. The zero-order valence-corrected chi connectivity index (χ0v) is 12.2. The number of rotatable bonds is 3. The molecular formula is C13H24N4O3. The van der Waals surface area contributed by atoms with Gasteiger partial charge in [-0.25, -0.2) is 0 Å². The predicted octanol–water partition coefficient (Wildman–Crippen LogP) is -0.309. The van der Waals surface area contributed by atoms with Crippen LogP contribution in [0.15, 0.2) is 5.16 Å². The molecule has 0 aliphatic carbocycles. The van der Waals surface area contributed by atoms with Gasteiger partial charge in [0.1, 0.15) is 0 Å². The summed E-state index contributed by atoms with van der Waals surface area (Å²) in [6, 6.07) is -0.105. The van der Waals surface area contributed by atoms with Gasteiger partial charge in [0.25, 0.3) is 0 Å². The molecule has 0 bridgehead atoms. The third-order valence-corrected chi connectivity index (χ3v) is 4.26. The van der Waals surface area contributed by atoms with Crippen molar-refractivity contribution < 1.29 is 14.7 Å². The average Bonchev–Trinajstić information content (AvgIpc) is 2.91. The molecule has 3 unspecified atom stereocenters. The van der Waals surface area contributed by atoms with Gasteiger partial charge in [0, 0.05) is 26.2 Å². The maximum Gasteiger partial charge on any atom is 0.228 e. The van der Waals surface area contributed by atoms with E-state index in [1.54, 1.807) is 0 Å². The number of nitrogens with zero attached hydrogens (tertiary/aromatic N) is 3. The minimum atomic E-state index is -0.105. The molecule has 7 heteroatoms. The number of piperazine rings is 1. The number of hydrogen-bond acceptors (Lipinski definition) is 5. The molecule has 2 aliphatic heterocycles. The Morgan fingerprint density at radius 3 is 2.55 bits per heavy atom. The van der Waals surface area contributed by atoms with Crippen LogP contribution in [0.25, 0.3) is 0 Å². The molecule has 0 saturated carbocycles. The lowest BCUT2D eigenvalue weighted by Gasteiger charge is -2.38. The van der Waals surface area contributed by atoms with E-state index >= 15 is 0 Å². The summed E-state index contributed by atoms with van der Waals surface area (Å²) in [4.78, 5) is 16.4. The monoisotopic (exact) mass is 284 g/mol. The fourth-order valence-electron chi connectivity index (χ4n) is 2.85. The Morgan fingerprint density at radius 1 is 1.40 bits per heavy atom. The van der Waals surface area contributed by atoms with E-state index in [-0.39, 0.29) is 29.8 Å². The molecule has 7 nitrogen and oxygen atoms in total. The second-order valence-corrected chi connectivity index (χ2v) is 5.64. The van der Waals surface area contributed by atoms with Crippen molar-refractivity contribution in [2.24, 2.45) is 16.8 Å². The molecule has 2 saturated heterocycles. The fourth-order valence-corrected chi connectivity index (χ4v) is 2.85. The first kappa shape index (κ1) is 15.1. The van der Waals surface area contributed by atoms with E-state index in [1.165, 1.54) is 0 Å². The lowest BCUT2D eigenvalue weighted by molar-refractivity contribution is -0.137. The molecule has 0 spiro atoms. The maximum absolute atomic E-state index is 12.4. The zero-order chi connectivity index (χ0) is 14.7. The molecule has 2 rings (SSSR count). The molecular weight excluding hydrogens is 260 g/mol. The minimum Gasteiger partial charge on any atom is -0.409 e. The Labute approximate surface area is 119 Å². The summed E-state index contributed by atoms with van der Waals surface area (Å²) in [5.41, 5.74) is 5.62. The molecule has 2 fully saturated rings. The van der Waals surface area contributed by atoms with Crippen LogP contribution in [0.4, 0.5) is 0 Å². The van der Waals surface area contributed by atoms with Crippen LogP contribution >= 0.6 is 0 Å². The molecule has 2 aliphatic rings. The van der Waals surface area contributed by atoms with E-state index in [2.05, 4.69) is 10.1 Å². The number of hydrogen-bond donors (Lipinski definition) is 2. The van der Waals surface area contributed by atoms with Gasteiger partial charge in [-0.15, -0.1) is 0 Å². The van der Waals surface area contributed by atoms with Crippen LogP contribution in [-0.4, -0.2) is 71.7 Å². The number of oxime groups is 1. The Morgan fingerprint density at radius 2 is 2.05 bits per heavy atom. The number of nitrogens with two attached hydrogens (primary N) is 1. The van der Waals surface area contributed by atoms with Crippen LogP contribution in [0, 0.1) is 5.92 Å². The summed E-state index contributed by atoms with van der Waals surface area (Å²) in [5, 5.41) is 11.7. The maximum atomic E-state index is 12.4. The van der Waals surface area contributed by atoms with Crippen LogP contribution in [-0.2, 0) is 9.53 Å². The van der Waals surface area contributed by atoms with Crippen molar-refractivity contribution in [3.05, 3.63) is 0 Å². The van der Waals surface area contributed by atoms with Gasteiger partial charge in [0.15, 0.2) is 5.84 Å². The number of amides is 1. The predicted molar refractivity (Wildman–Crippen MR) is 74.5 cm³/mol. The highest BCUT2D eigenvalue weighted by molar-refractivity contribution is 5.85. The molecule has 114 valence electrons. The Hall–Kier alpha value is -1.34. The van der Waals surface area contributed by atoms with E-state index in [9.17, 15) is 4.79 Å². The van der Waals surface area contributed by atoms with Crippen molar-refractivity contribution in [1.29, 1.82) is 0 Å². The molecule has 3 atom stereocenters. The van der Waals surface area contributed by atoms with Gasteiger partial charge in [-0.05, 0) is 20.3 Å². The molecule has 0 aromatic rings. The topological polar surface area (TPSA) is 91.4 Å². The van der Waals surface area contributed by atoms with Gasteiger partial charge in [-0.1, -0.05) is 5.16 Å². The van der Waals surface area contributed by atoms with Crippen LogP contribution in [0.1, 0.15) is 20.3 Å². The SMILES string of the molecule is CC1CC(C(=O)N2CCN(C(C)C(N)=NO)CC2)CO1. The quantitative estimate of drug-likeness (QED) is 0.321. The van der Waals surface area contributed by atoms with Gasteiger partial charge < -0.3 is 20.6 Å². The third-order valence-electron chi connectivity index (χ3n) is 4.26. The Kier molecular flexibility index (Phi) is 4.82. The van der Waals surface area contributed by atoms with Crippen molar-refractivity contribution in [3.8, 4) is 0 Å². The van der Waals surface area contributed by atoms with Gasteiger partial charge in [0.2, 0.25) is 5.91 Å². The molecule has 0 radical (unpaired) electrons. The fraction of sp³-hybridized carbons (Fsp3) is 0.846. The molecule has 0 aromatic heterocycles. The Bertz CT molecular complexity index is 380. The minimum absolute atomic E-state index is 0.0121. The van der Waals surface area contributed by atoms with E-state index in [0.29, 0.717) is 19.7 Å². The summed E-state index contributed by atoms with van der Waals surface area (Å²) in [6.07, 6.45) is 1.00. The number of amidine groups is 1. The van der Waals surface area contributed by atoms with Crippen molar-refractivity contribution in [2.75, 3.05) is 32.8 Å². The van der Waals surface area contributed by atoms with Crippen LogP contribution in [0.3, 0.4) is 0 Å². The lowest BCUT2D eigenvalue weighted by Crippen LogP contribution is -2.55. The van der Waals surface area contributed by atoms with Crippen LogP contribution < -0.4 is 5.73 Å². The molecule has 2 heterocycles. The average molecular weight is 284 g/mol. The van der Waals surface area contributed by atoms with E-state index in [0.717, 1.165) is 19.5 Å². The van der Waals surface area contributed by atoms with E-state index in [1.807, 2.05) is 18.7 Å². The van der Waals surface area contributed by atoms with Crippen LogP contribution in [0.5, 0.6) is 0 Å². The standard InChI is InChI=1S/C13H24N4O3/c1-9-7-11(8-20-9)13(18)17-5-3-16(4-6-17)10(2)12(14)15-19/h9-11,19H,3-8H2,1-2H3,(H2,14,15). The number of ether oxygens (including phenoxy) is 1. The summed E-state index contributed by atoms with van der Waals surface area (Å²) >= 11 is 0. The summed E-state index contributed by atoms with van der Waals surface area (Å²) in [7, 11) is 0. The van der Waals surface area contributed by atoms with Crippen molar-refractivity contribution in [1.82, 2.24) is 9.80 Å². The van der Waals surface area contributed by atoms with E-state index in [4.69, 9.17) is 15.7 Å². The first-order chi connectivity index (χ1) is 9.52. The largest absolute Gasteiger partial charge is 0.409 e. The first-order valence-corrected chi connectivity index (χ1v) is 7.14. The van der Waals surface area contributed by atoms with Crippen LogP contribution in [0.2, 0.25) is 0 Å². The molecule has 20 heavy (non-hydrogen) atoms. The lowest BCUT2D eigenvalue weighted by atomic mass is 10.0. The van der Waals surface area contributed by atoms with E-state index < -0.39 is 0 Å². The molecule has 1 amide bonds. The van der Waals surface area contributed by atoms with Gasteiger partial charge in [0.05, 0.1) is 24.7 Å². The summed E-state index contributed by atoms with van der Waals surface area (Å²) in [6.45, 7) is 7.31. The van der Waals surface area contributed by atoms with Crippen molar-refractivity contribution in [3.63, 3.8) is 0 Å². The summed E-state index contributed by atoms with van der Waals surface area (Å²) in [5.74, 6) is 0.422. The van der Waals surface area contributed by atoms with Crippen molar-refractivity contribution >= 4 is 11.7 Å². The first-order valence-electron chi connectivity index (χ1n) is 7.14.